The lowest BCUT2D eigenvalue weighted by molar-refractivity contribution is 0.0796. The molecule has 0 radical (unpaired) electrons. The van der Waals surface area contributed by atoms with Crippen LogP contribution in [0.2, 0.25) is 0 Å². The molecule has 3 atom stereocenters. The normalized spacial score (nSPS) is 28.5. The molecule has 5 rings (SSSR count). The van der Waals surface area contributed by atoms with Crippen LogP contribution in [-0.2, 0) is 26.0 Å². The number of piperidine rings is 1. The standard InChI is InChI=1S/C26H36N2O4S/c1-18-3-10-25(32-27-26(18)21-6-7-21)28-13-11-20(12-14-28)24-15-22(24)17-31-16-19-4-8-23(9-5-19)33(2,29)30/h4-5,8-10,18,20-22,24H,3,6-7,11-17H2,1-2H3. The lowest BCUT2D eigenvalue weighted by Crippen LogP contribution is -2.34. The van der Waals surface area contributed by atoms with Crippen molar-refractivity contribution in [1.82, 2.24) is 4.90 Å². The zero-order valence-electron chi connectivity index (χ0n) is 19.8. The molecule has 1 saturated heterocycles. The van der Waals surface area contributed by atoms with E-state index >= 15 is 0 Å². The first-order valence-corrected chi connectivity index (χ1v) is 14.3. The van der Waals surface area contributed by atoms with Gasteiger partial charge in [0.2, 0.25) is 5.88 Å². The van der Waals surface area contributed by atoms with Gasteiger partial charge in [-0.25, -0.2) is 8.42 Å². The zero-order chi connectivity index (χ0) is 23.0. The van der Waals surface area contributed by atoms with E-state index in [0.29, 0.717) is 29.3 Å². The molecular formula is C26H36N2O4S. The summed E-state index contributed by atoms with van der Waals surface area (Å²) in [5.41, 5.74) is 2.29. The predicted molar refractivity (Wildman–Crippen MR) is 128 cm³/mol. The molecule has 0 spiro atoms. The molecule has 6 nitrogen and oxygen atoms in total. The van der Waals surface area contributed by atoms with Crippen LogP contribution in [0.1, 0.15) is 51.0 Å². The highest BCUT2D eigenvalue weighted by molar-refractivity contribution is 7.90. The van der Waals surface area contributed by atoms with Crippen LogP contribution in [0, 0.1) is 29.6 Å². The second kappa shape index (κ2) is 9.41. The third-order valence-corrected chi connectivity index (χ3v) is 8.91. The average molecular weight is 473 g/mol. The molecule has 1 aromatic rings. The van der Waals surface area contributed by atoms with Gasteiger partial charge in [0.05, 0.1) is 23.8 Å². The third kappa shape index (κ3) is 5.62. The first kappa shape index (κ1) is 22.9. The topological polar surface area (TPSA) is 68.2 Å². The summed E-state index contributed by atoms with van der Waals surface area (Å²) in [5, 5.41) is 4.54. The number of nitrogens with zero attached hydrogens (tertiary/aromatic N) is 2. The van der Waals surface area contributed by atoms with Crippen molar-refractivity contribution >= 4 is 15.5 Å². The SMILES string of the molecule is CC1CC=C(N2CCC(C3CC3COCc3ccc(S(C)(=O)=O)cc3)CC2)ON=C1C1CC1. The van der Waals surface area contributed by atoms with Gasteiger partial charge >= 0.3 is 0 Å². The third-order valence-electron chi connectivity index (χ3n) is 7.78. The van der Waals surface area contributed by atoms with Gasteiger partial charge in [-0.1, -0.05) is 24.2 Å². The van der Waals surface area contributed by atoms with Crippen LogP contribution >= 0.6 is 0 Å². The van der Waals surface area contributed by atoms with Gasteiger partial charge in [0.1, 0.15) is 0 Å². The Labute approximate surface area is 197 Å². The van der Waals surface area contributed by atoms with Crippen LogP contribution < -0.4 is 0 Å². The maximum absolute atomic E-state index is 11.6. The highest BCUT2D eigenvalue weighted by Gasteiger charge is 2.44. The molecule has 33 heavy (non-hydrogen) atoms. The fourth-order valence-corrected chi connectivity index (χ4v) is 6.05. The van der Waals surface area contributed by atoms with E-state index in [1.54, 1.807) is 12.1 Å². The lowest BCUT2D eigenvalue weighted by Gasteiger charge is -2.33. The van der Waals surface area contributed by atoms with Gasteiger partial charge in [-0.2, -0.15) is 0 Å². The Hall–Kier alpha value is -1.86. The summed E-state index contributed by atoms with van der Waals surface area (Å²) < 4.78 is 29.1. The molecule has 1 aromatic carbocycles. The highest BCUT2D eigenvalue weighted by Crippen LogP contribution is 2.48. The summed E-state index contributed by atoms with van der Waals surface area (Å²) in [6.07, 6.45) is 10.8. The number of sulfone groups is 1. The largest absolute Gasteiger partial charge is 0.376 e. The number of oxime groups is 1. The van der Waals surface area contributed by atoms with Crippen LogP contribution in [0.3, 0.4) is 0 Å². The summed E-state index contributed by atoms with van der Waals surface area (Å²) in [6, 6.07) is 7.01. The lowest BCUT2D eigenvalue weighted by atomic mass is 9.91. The maximum Gasteiger partial charge on any atom is 0.221 e. The van der Waals surface area contributed by atoms with E-state index in [4.69, 9.17) is 9.57 Å². The van der Waals surface area contributed by atoms with E-state index in [1.165, 1.54) is 44.1 Å². The first-order chi connectivity index (χ1) is 15.9. The van der Waals surface area contributed by atoms with Gasteiger partial charge in [0.25, 0.3) is 0 Å². The smallest absolute Gasteiger partial charge is 0.221 e. The predicted octanol–water partition coefficient (Wildman–Crippen LogP) is 4.62. The molecule has 7 heteroatoms. The first-order valence-electron chi connectivity index (χ1n) is 12.4. The van der Waals surface area contributed by atoms with Crippen molar-refractivity contribution < 1.29 is 18.0 Å². The van der Waals surface area contributed by atoms with Crippen molar-refractivity contribution in [2.24, 2.45) is 34.7 Å². The average Bonchev–Trinajstić information content (AvgIpc) is 3.70. The molecule has 3 unspecified atom stereocenters. The number of likely N-dealkylation sites (tertiary alicyclic amines) is 1. The number of hydrogen-bond donors (Lipinski definition) is 0. The summed E-state index contributed by atoms with van der Waals surface area (Å²) in [6.45, 7) is 5.71. The van der Waals surface area contributed by atoms with Crippen molar-refractivity contribution in [1.29, 1.82) is 0 Å². The van der Waals surface area contributed by atoms with E-state index in [1.807, 2.05) is 12.1 Å². The molecule has 0 bridgehead atoms. The number of rotatable bonds is 8. The van der Waals surface area contributed by atoms with Crippen molar-refractivity contribution in [3.8, 4) is 0 Å². The number of benzene rings is 1. The summed E-state index contributed by atoms with van der Waals surface area (Å²) in [7, 11) is -3.14. The Bertz CT molecular complexity index is 1010. The number of hydrogen-bond acceptors (Lipinski definition) is 6. The van der Waals surface area contributed by atoms with E-state index in [-0.39, 0.29) is 0 Å². The second-order valence-corrected chi connectivity index (χ2v) is 12.5. The Morgan fingerprint density at radius 2 is 1.85 bits per heavy atom. The Morgan fingerprint density at radius 1 is 1.12 bits per heavy atom. The van der Waals surface area contributed by atoms with Gasteiger partial charge in [0, 0.05) is 31.2 Å². The monoisotopic (exact) mass is 472 g/mol. The van der Waals surface area contributed by atoms with Crippen LogP contribution in [0.5, 0.6) is 0 Å². The van der Waals surface area contributed by atoms with Crippen LogP contribution in [0.4, 0.5) is 0 Å². The molecule has 2 aliphatic carbocycles. The van der Waals surface area contributed by atoms with Gasteiger partial charge in [-0.3, -0.25) is 0 Å². The fourth-order valence-electron chi connectivity index (χ4n) is 5.42. The van der Waals surface area contributed by atoms with Gasteiger partial charge in [-0.05, 0) is 80.1 Å². The fraction of sp³-hybridized carbons (Fsp3) is 0.654. The highest BCUT2D eigenvalue weighted by atomic mass is 32.2. The van der Waals surface area contributed by atoms with Crippen molar-refractivity contribution in [2.75, 3.05) is 26.0 Å². The molecule has 0 amide bonds. The molecular weight excluding hydrogens is 436 g/mol. The van der Waals surface area contributed by atoms with Gasteiger partial charge in [0.15, 0.2) is 9.84 Å². The Balaban J connectivity index is 1.03. The summed E-state index contributed by atoms with van der Waals surface area (Å²) in [4.78, 5) is 8.64. The minimum absolute atomic E-state index is 0.356. The van der Waals surface area contributed by atoms with Crippen LogP contribution in [0.25, 0.3) is 0 Å². The van der Waals surface area contributed by atoms with Crippen molar-refractivity contribution in [3.63, 3.8) is 0 Å². The molecule has 4 aliphatic rings. The Kier molecular flexibility index (Phi) is 6.54. The minimum Gasteiger partial charge on any atom is -0.376 e. The summed E-state index contributed by atoms with van der Waals surface area (Å²) in [5.74, 6) is 4.35. The van der Waals surface area contributed by atoms with E-state index in [9.17, 15) is 8.42 Å². The molecule has 0 aromatic heterocycles. The van der Waals surface area contributed by atoms with E-state index < -0.39 is 9.84 Å². The minimum atomic E-state index is -3.14. The van der Waals surface area contributed by atoms with Crippen LogP contribution in [-0.4, -0.2) is 45.0 Å². The van der Waals surface area contributed by atoms with E-state index in [0.717, 1.165) is 49.4 Å². The van der Waals surface area contributed by atoms with E-state index in [2.05, 4.69) is 23.1 Å². The Morgan fingerprint density at radius 3 is 2.52 bits per heavy atom. The summed E-state index contributed by atoms with van der Waals surface area (Å²) >= 11 is 0. The molecule has 2 saturated carbocycles. The van der Waals surface area contributed by atoms with Crippen molar-refractivity contribution in [2.45, 2.75) is 57.0 Å². The van der Waals surface area contributed by atoms with Gasteiger partial charge in [-0.15, -0.1) is 0 Å². The van der Waals surface area contributed by atoms with Crippen LogP contribution in [0.15, 0.2) is 46.3 Å². The molecule has 0 N–H and O–H groups in total. The number of allylic oxidation sites excluding steroid dienone is 1. The molecule has 180 valence electrons. The molecule has 2 aliphatic heterocycles. The quantitative estimate of drug-likeness (QED) is 0.552. The molecule has 3 fully saturated rings. The zero-order valence-corrected chi connectivity index (χ0v) is 20.6. The molecule has 2 heterocycles. The second-order valence-electron chi connectivity index (χ2n) is 10.5. The maximum atomic E-state index is 11.6. The number of ether oxygens (including phenoxy) is 1. The van der Waals surface area contributed by atoms with Gasteiger partial charge < -0.3 is 14.5 Å². The van der Waals surface area contributed by atoms with Crippen molar-refractivity contribution in [3.05, 3.63) is 41.8 Å².